The van der Waals surface area contributed by atoms with Crippen molar-refractivity contribution in [2.45, 2.75) is 38.6 Å². The molecular weight excluding hydrogens is 300 g/mol. The van der Waals surface area contributed by atoms with Crippen molar-refractivity contribution >= 4 is 22.6 Å². The Labute approximate surface area is 141 Å². The Balaban J connectivity index is 1.92. The first-order chi connectivity index (χ1) is 11.7. The zero-order valence-corrected chi connectivity index (χ0v) is 14.0. The maximum Gasteiger partial charge on any atom is 0.352 e. The van der Waals surface area contributed by atoms with Crippen LogP contribution in [0.25, 0.3) is 16.6 Å². The highest BCUT2D eigenvalue weighted by Gasteiger charge is 2.50. The van der Waals surface area contributed by atoms with Gasteiger partial charge in [-0.05, 0) is 49.9 Å². The second-order valence-electron chi connectivity index (χ2n) is 7.43. The molecule has 1 fully saturated rings. The summed E-state index contributed by atoms with van der Waals surface area (Å²) in [6.45, 7) is 4.43. The number of para-hydroxylation sites is 1. The average molecular weight is 322 g/mol. The second-order valence-corrected chi connectivity index (χ2v) is 7.43. The lowest BCUT2D eigenvalue weighted by Crippen LogP contribution is -2.51. The maximum atomic E-state index is 12.1. The van der Waals surface area contributed by atoms with Gasteiger partial charge in [-0.3, -0.25) is 4.90 Å². The van der Waals surface area contributed by atoms with Gasteiger partial charge in [0.15, 0.2) is 0 Å². The fraction of sp³-hybridized carbons (Fsp3) is 0.450. The number of carbonyl (C=O) groups is 1. The summed E-state index contributed by atoms with van der Waals surface area (Å²) in [6, 6.07) is 8.63. The van der Waals surface area contributed by atoms with E-state index in [0.29, 0.717) is 11.7 Å². The molecule has 4 heteroatoms. The van der Waals surface area contributed by atoms with Crippen LogP contribution in [0.4, 0.5) is 0 Å². The molecule has 2 atom stereocenters. The molecule has 1 aromatic heterocycles. The predicted molar refractivity (Wildman–Crippen MR) is 93.8 cm³/mol. The van der Waals surface area contributed by atoms with Crippen molar-refractivity contribution in [3.63, 3.8) is 0 Å². The van der Waals surface area contributed by atoms with Crippen molar-refractivity contribution in [3.05, 3.63) is 41.6 Å². The highest BCUT2D eigenvalue weighted by Crippen LogP contribution is 2.56. The normalized spacial score (nSPS) is 28.5. The number of piperidine rings is 1. The molecule has 1 aromatic carbocycles. The van der Waals surface area contributed by atoms with Gasteiger partial charge in [-0.1, -0.05) is 25.1 Å². The molecule has 0 bridgehead atoms. The Morgan fingerprint density at radius 3 is 2.96 bits per heavy atom. The average Bonchev–Trinajstić information content (AvgIpc) is 2.95. The first kappa shape index (κ1) is 14.3. The SMILES string of the molecule is CC[C@@]12C=C(C(=O)O)n3c4c(c5ccccc53)CCN(CCC1)C42. The third-order valence-electron chi connectivity index (χ3n) is 6.47. The fourth-order valence-corrected chi connectivity index (χ4v) is 5.44. The molecular formula is C20H22N2O2. The first-order valence-corrected chi connectivity index (χ1v) is 8.99. The van der Waals surface area contributed by atoms with Crippen LogP contribution in [0, 0.1) is 5.41 Å². The topological polar surface area (TPSA) is 45.5 Å². The van der Waals surface area contributed by atoms with Crippen LogP contribution in [0.2, 0.25) is 0 Å². The van der Waals surface area contributed by atoms with Gasteiger partial charge in [-0.2, -0.15) is 0 Å². The highest BCUT2D eigenvalue weighted by atomic mass is 16.4. The number of benzene rings is 1. The number of hydrogen-bond donors (Lipinski definition) is 1. The van der Waals surface area contributed by atoms with Gasteiger partial charge in [0.05, 0.1) is 11.6 Å². The van der Waals surface area contributed by atoms with Gasteiger partial charge in [-0.15, -0.1) is 0 Å². The molecule has 1 unspecified atom stereocenters. The van der Waals surface area contributed by atoms with Crippen LogP contribution in [-0.4, -0.2) is 33.6 Å². The molecule has 2 aromatic rings. The van der Waals surface area contributed by atoms with Crippen LogP contribution >= 0.6 is 0 Å². The Morgan fingerprint density at radius 2 is 2.17 bits per heavy atom. The van der Waals surface area contributed by atoms with Gasteiger partial charge in [-0.25, -0.2) is 4.79 Å². The summed E-state index contributed by atoms with van der Waals surface area (Å²) in [7, 11) is 0. The minimum Gasteiger partial charge on any atom is -0.477 e. The Morgan fingerprint density at radius 1 is 1.33 bits per heavy atom. The van der Waals surface area contributed by atoms with E-state index < -0.39 is 5.97 Å². The third-order valence-corrected chi connectivity index (χ3v) is 6.47. The van der Waals surface area contributed by atoms with E-state index in [4.69, 9.17) is 0 Å². The van der Waals surface area contributed by atoms with E-state index in [-0.39, 0.29) is 5.41 Å². The number of carboxylic acids is 1. The van der Waals surface area contributed by atoms with Gasteiger partial charge in [0.1, 0.15) is 5.70 Å². The summed E-state index contributed by atoms with van der Waals surface area (Å²) in [6.07, 6.45) is 6.34. The van der Waals surface area contributed by atoms with E-state index >= 15 is 0 Å². The van der Waals surface area contributed by atoms with Gasteiger partial charge in [0, 0.05) is 23.0 Å². The summed E-state index contributed by atoms with van der Waals surface area (Å²) in [5, 5.41) is 11.2. The molecule has 24 heavy (non-hydrogen) atoms. The monoisotopic (exact) mass is 322 g/mol. The minimum absolute atomic E-state index is 0.0362. The van der Waals surface area contributed by atoms with Gasteiger partial charge >= 0.3 is 5.97 Å². The second kappa shape index (κ2) is 4.73. The Kier molecular flexibility index (Phi) is 2.82. The van der Waals surface area contributed by atoms with Crippen molar-refractivity contribution in [1.29, 1.82) is 0 Å². The van der Waals surface area contributed by atoms with Crippen LogP contribution in [0.3, 0.4) is 0 Å². The molecule has 3 aliphatic heterocycles. The van der Waals surface area contributed by atoms with Crippen molar-refractivity contribution in [2.24, 2.45) is 5.41 Å². The largest absolute Gasteiger partial charge is 0.477 e. The predicted octanol–water partition coefficient (Wildman–Crippen LogP) is 3.67. The molecule has 0 amide bonds. The van der Waals surface area contributed by atoms with Crippen LogP contribution < -0.4 is 0 Å². The van der Waals surface area contributed by atoms with Crippen LogP contribution in [0.1, 0.15) is 43.5 Å². The van der Waals surface area contributed by atoms with Crippen LogP contribution in [0.5, 0.6) is 0 Å². The molecule has 0 radical (unpaired) electrons. The number of nitrogens with zero attached hydrogens (tertiary/aromatic N) is 2. The number of hydrogen-bond acceptors (Lipinski definition) is 2. The Bertz CT molecular complexity index is 894. The van der Waals surface area contributed by atoms with E-state index in [1.807, 2.05) is 10.6 Å². The van der Waals surface area contributed by atoms with Gasteiger partial charge in [0.25, 0.3) is 0 Å². The van der Waals surface area contributed by atoms with Crippen molar-refractivity contribution in [1.82, 2.24) is 9.47 Å². The highest BCUT2D eigenvalue weighted by molar-refractivity contribution is 6.12. The van der Waals surface area contributed by atoms with E-state index in [1.165, 1.54) is 16.6 Å². The quantitative estimate of drug-likeness (QED) is 0.917. The van der Waals surface area contributed by atoms with E-state index in [1.54, 1.807) is 0 Å². The van der Waals surface area contributed by atoms with Crippen LogP contribution in [-0.2, 0) is 11.2 Å². The van der Waals surface area contributed by atoms with Crippen LogP contribution in [0.15, 0.2) is 30.3 Å². The smallest absolute Gasteiger partial charge is 0.352 e. The number of rotatable bonds is 2. The minimum atomic E-state index is -0.812. The maximum absolute atomic E-state index is 12.1. The molecule has 124 valence electrons. The van der Waals surface area contributed by atoms with E-state index in [0.717, 1.165) is 44.3 Å². The molecule has 3 aliphatic rings. The molecule has 0 saturated carbocycles. The number of aromatic nitrogens is 1. The Hall–Kier alpha value is -2.07. The van der Waals surface area contributed by atoms with Crippen molar-refractivity contribution in [3.8, 4) is 0 Å². The third kappa shape index (κ3) is 1.59. The molecule has 0 spiro atoms. The number of aliphatic carboxylic acids is 1. The van der Waals surface area contributed by atoms with Gasteiger partial charge < -0.3 is 9.67 Å². The van der Waals surface area contributed by atoms with Crippen molar-refractivity contribution < 1.29 is 9.90 Å². The lowest BCUT2D eigenvalue weighted by atomic mass is 9.66. The molecule has 1 N–H and O–H groups in total. The van der Waals surface area contributed by atoms with Gasteiger partial charge in [0.2, 0.25) is 0 Å². The molecule has 1 saturated heterocycles. The summed E-state index contributed by atoms with van der Waals surface area (Å²) in [5.74, 6) is -0.812. The van der Waals surface area contributed by atoms with E-state index in [2.05, 4.69) is 36.1 Å². The molecule has 0 aliphatic carbocycles. The van der Waals surface area contributed by atoms with E-state index in [9.17, 15) is 9.90 Å². The summed E-state index contributed by atoms with van der Waals surface area (Å²) in [4.78, 5) is 14.7. The lowest BCUT2D eigenvalue weighted by molar-refractivity contribution is -0.131. The number of fused-ring (bicyclic) bond motifs is 3. The standard InChI is InChI=1S/C20H22N2O2/c1-2-20-9-5-10-21-11-8-14-13-6-3-4-7-15(13)22(17(14)18(20)21)16(12-20)19(23)24/h3-4,6-7,12,18H,2,5,8-11H2,1H3,(H,23,24)/t18?,20-/m0/s1. The molecule has 5 rings (SSSR count). The fourth-order valence-electron chi connectivity index (χ4n) is 5.44. The van der Waals surface area contributed by atoms with Crippen molar-refractivity contribution in [2.75, 3.05) is 13.1 Å². The zero-order chi connectivity index (χ0) is 16.5. The zero-order valence-electron chi connectivity index (χ0n) is 14.0. The lowest BCUT2D eigenvalue weighted by Gasteiger charge is -2.53. The molecule has 4 nitrogen and oxygen atoms in total. The summed E-state index contributed by atoms with van der Waals surface area (Å²) < 4.78 is 2.04. The first-order valence-electron chi connectivity index (χ1n) is 8.99. The summed E-state index contributed by atoms with van der Waals surface area (Å²) >= 11 is 0. The molecule has 4 heterocycles. The number of carboxylic acid groups (broad SMARTS) is 1. The summed E-state index contributed by atoms with van der Waals surface area (Å²) in [5.41, 5.74) is 4.09.